The van der Waals surface area contributed by atoms with E-state index in [1.807, 2.05) is 220 Å². The number of aromatic nitrogens is 4. The van der Waals surface area contributed by atoms with E-state index in [9.17, 15) is 54.4 Å². The Morgan fingerprint density at radius 3 is 0.844 bits per heavy atom. The molecule has 8 heterocycles. The predicted molar refractivity (Wildman–Crippen MR) is 472 cm³/mol. The van der Waals surface area contributed by atoms with Gasteiger partial charge in [0, 0.05) is 109 Å². The molecule has 4 aromatic heterocycles. The lowest BCUT2D eigenvalue weighted by atomic mass is 9.71. The van der Waals surface area contributed by atoms with Gasteiger partial charge in [-0.1, -0.05) is 294 Å². The molecule has 628 valence electrons. The number of aliphatic hydroxyl groups is 9. The highest BCUT2D eigenvalue weighted by molar-refractivity contribution is 9.11. The van der Waals surface area contributed by atoms with Crippen molar-refractivity contribution < 1.29 is 77.5 Å². The van der Waals surface area contributed by atoms with Crippen molar-refractivity contribution in [2.75, 3.05) is 19.5 Å². The second-order valence-corrected chi connectivity index (χ2v) is 39.0. The minimum atomic E-state index is -3.81. The van der Waals surface area contributed by atoms with Crippen LogP contribution in [0.2, 0.25) is 20.1 Å². The SMILES string of the molecule is CS(=O)(=O)OC[C@H]1[C@@H](O)[C@@]2(O)c3ncc(Cl)cc3O[C@@]2(c2ccc(Br)cc2)[C@@H]1c1ccccc1.C[C@H]1[C@@H](O)[C@@]2(O)c3ncc(Cl)cc3O[C@@]2(c2ccc(Br)cc2)[C@@H]1c1ccccc1.C[C@H]1[C@@H](O)[C@@]2(O)c3ncc(Cl)cc3O[C@@]2(c2ccc(Br)cc2)[C@@H]1c1ccccc1.OC[C@H]1[C@@H](O)[C@@]2(O)c3ncc(Cl)cc3O[C@@]2(c2ccc(Br)cc2)[C@@H]1c1ccccc1. The van der Waals surface area contributed by atoms with Crippen LogP contribution in [0.15, 0.2) is 285 Å². The maximum atomic E-state index is 12.4. The van der Waals surface area contributed by atoms with Crippen LogP contribution in [0.1, 0.15) is 105 Å². The van der Waals surface area contributed by atoms with Gasteiger partial charge in [-0.2, -0.15) is 8.42 Å². The van der Waals surface area contributed by atoms with Gasteiger partial charge < -0.3 is 64.9 Å². The molecule has 8 aliphatic rings. The largest absolute Gasteiger partial charge is 0.476 e. The minimum absolute atomic E-state index is 0.134. The molecule has 20 nitrogen and oxygen atoms in total. The Morgan fingerprint density at radius 2 is 0.590 bits per heavy atom. The maximum absolute atomic E-state index is 12.4. The second kappa shape index (κ2) is 32.6. The molecular formula is C93H78Br4Cl4N4O16S. The van der Waals surface area contributed by atoms with Gasteiger partial charge in [0.25, 0.3) is 10.1 Å². The molecule has 20 rings (SSSR count). The number of benzene rings is 8. The summed E-state index contributed by atoms with van der Waals surface area (Å²) in [5, 5.41) is 106. The van der Waals surface area contributed by atoms with Gasteiger partial charge >= 0.3 is 0 Å². The number of nitrogens with zero attached hydrogens (tertiary/aromatic N) is 4. The average Bonchev–Trinajstić information content (AvgIpc) is 1.52. The summed E-state index contributed by atoms with van der Waals surface area (Å²) in [4.78, 5) is 17.5. The van der Waals surface area contributed by atoms with Crippen LogP contribution in [-0.4, -0.2) is 118 Å². The van der Waals surface area contributed by atoms with Gasteiger partial charge in [0.05, 0.1) is 57.4 Å². The van der Waals surface area contributed by atoms with Gasteiger partial charge in [-0.3, -0.25) is 24.1 Å². The monoisotopic (exact) mass is 1990 g/mol. The molecule has 0 unspecified atom stereocenters. The van der Waals surface area contributed by atoms with E-state index in [0.29, 0.717) is 59.9 Å². The van der Waals surface area contributed by atoms with E-state index in [1.54, 1.807) is 36.4 Å². The molecule has 4 saturated carbocycles. The number of rotatable bonds is 12. The van der Waals surface area contributed by atoms with Crippen molar-refractivity contribution in [2.24, 2.45) is 23.7 Å². The standard InChI is InChI=1S/C24H21BrClNO6S.C23H19BrClNO4.2C23H19BrClNO3/c1-34(30,31)32-13-18-20(14-5-3-2-4-6-14)24(15-7-9-16(25)10-8-15)23(29,22(18)28)21-19(33-24)11-17(26)12-27-21;24-15-8-6-14(7-9-15)23-19(13-4-2-1-3-5-13)17(12-27)21(28)22(23,29)20-18(30-23)10-16(25)11-26-20;2*1-13-19(14-5-3-2-4-6-14)23(15-7-9-16(24)10-8-15)22(28,21(13)27)20-18(29-23)11-17(25)12-26-20/h2-12,18,20,22,28-29H,13H2,1H3;1-11,17,19,21,27-29H,12H2;2*2-13,19,21,27-28H,1H3/t18-,20-,22-,23+,24+;17-,19-,21-,22+,23+;2*13-,19+,21-,22+,23+/m1111/s1. The number of ether oxygens (including phenoxy) is 4. The zero-order valence-corrected chi connectivity index (χ0v) is 75.0. The molecule has 4 fully saturated rings. The van der Waals surface area contributed by atoms with Crippen molar-refractivity contribution in [1.82, 2.24) is 19.9 Å². The highest BCUT2D eigenvalue weighted by atomic mass is 79.9. The topological polar surface area (TPSA) is 314 Å². The molecule has 4 aliphatic heterocycles. The first-order chi connectivity index (χ1) is 58.3. The van der Waals surface area contributed by atoms with Crippen molar-refractivity contribution in [2.45, 2.75) is 107 Å². The summed E-state index contributed by atoms with van der Waals surface area (Å²) in [5.74, 6) is -2.58. The highest BCUT2D eigenvalue weighted by Gasteiger charge is 2.81. The van der Waals surface area contributed by atoms with Crippen LogP contribution in [0.5, 0.6) is 23.0 Å². The maximum Gasteiger partial charge on any atom is 0.264 e. The number of fused-ring (bicyclic) bond motifs is 12. The van der Waals surface area contributed by atoms with Gasteiger partial charge in [0.15, 0.2) is 44.8 Å². The third kappa shape index (κ3) is 13.2. The summed E-state index contributed by atoms with van der Waals surface area (Å²) >= 11 is 38.5. The van der Waals surface area contributed by atoms with Crippen LogP contribution in [-0.2, 0) is 59.1 Å². The van der Waals surface area contributed by atoms with Crippen molar-refractivity contribution in [1.29, 1.82) is 0 Å². The van der Waals surface area contributed by atoms with Crippen LogP contribution in [0.4, 0.5) is 0 Å². The molecule has 0 spiro atoms. The Labute approximate surface area is 756 Å². The summed E-state index contributed by atoms with van der Waals surface area (Å²) in [6.07, 6.45) is 1.77. The second-order valence-electron chi connectivity index (χ2n) is 32.0. The molecule has 20 atom stereocenters. The quantitative estimate of drug-likeness (QED) is 0.0513. The van der Waals surface area contributed by atoms with Crippen molar-refractivity contribution in [3.05, 3.63) is 373 Å². The Hall–Kier alpha value is -7.81. The van der Waals surface area contributed by atoms with E-state index in [-0.39, 0.29) is 54.0 Å². The summed E-state index contributed by atoms with van der Waals surface area (Å²) in [6.45, 7) is 3.20. The normalized spacial score (nSPS) is 31.6. The number of hydrogen-bond donors (Lipinski definition) is 9. The van der Waals surface area contributed by atoms with E-state index >= 15 is 0 Å². The first-order valence-electron chi connectivity index (χ1n) is 39.0. The van der Waals surface area contributed by atoms with Gasteiger partial charge in [-0.05, 0) is 105 Å². The van der Waals surface area contributed by atoms with Crippen molar-refractivity contribution in [3.8, 4) is 23.0 Å². The molecule has 0 saturated heterocycles. The first-order valence-corrected chi connectivity index (χ1v) is 45.5. The molecule has 8 aromatic carbocycles. The zero-order chi connectivity index (χ0) is 86.2. The van der Waals surface area contributed by atoms with Crippen LogP contribution in [0.25, 0.3) is 0 Å². The summed E-state index contributed by atoms with van der Waals surface area (Å²) < 4.78 is 58.6. The van der Waals surface area contributed by atoms with E-state index in [2.05, 4.69) is 83.7 Å². The van der Waals surface area contributed by atoms with Gasteiger partial charge in [-0.15, -0.1) is 0 Å². The van der Waals surface area contributed by atoms with Crippen LogP contribution >= 0.6 is 110 Å². The lowest BCUT2D eigenvalue weighted by Crippen LogP contribution is -2.52. The number of halogens is 8. The van der Waals surface area contributed by atoms with E-state index in [0.717, 1.165) is 57.5 Å². The van der Waals surface area contributed by atoms with E-state index < -0.39 is 103 Å². The average molecular weight is 2000 g/mol. The van der Waals surface area contributed by atoms with Gasteiger partial charge in [0.2, 0.25) is 0 Å². The van der Waals surface area contributed by atoms with Crippen LogP contribution < -0.4 is 18.9 Å². The molecule has 29 heteroatoms. The van der Waals surface area contributed by atoms with Crippen LogP contribution in [0.3, 0.4) is 0 Å². The number of pyridine rings is 4. The lowest BCUT2D eigenvalue weighted by molar-refractivity contribution is -0.154. The summed E-state index contributed by atoms with van der Waals surface area (Å²) in [6, 6.07) is 74.9. The number of aliphatic hydroxyl groups excluding tert-OH is 5. The Morgan fingerprint density at radius 1 is 0.361 bits per heavy atom. The fourth-order valence-electron chi connectivity index (χ4n) is 20.8. The molecule has 0 amide bonds. The molecule has 0 bridgehead atoms. The number of hydrogen-bond acceptors (Lipinski definition) is 20. The Bertz CT molecular complexity index is 5880. The van der Waals surface area contributed by atoms with Crippen molar-refractivity contribution >= 4 is 120 Å². The summed E-state index contributed by atoms with van der Waals surface area (Å²) in [5.41, 5.74) is -5.42. The fourth-order valence-corrected chi connectivity index (χ4v) is 22.9. The molecule has 122 heavy (non-hydrogen) atoms. The van der Waals surface area contributed by atoms with E-state index in [1.165, 1.54) is 24.8 Å². The summed E-state index contributed by atoms with van der Waals surface area (Å²) in [7, 11) is -3.81. The third-order valence-corrected chi connectivity index (χ3v) is 29.2. The van der Waals surface area contributed by atoms with Gasteiger partial charge in [-0.25, -0.2) is 0 Å². The lowest BCUT2D eigenvalue weighted by Gasteiger charge is -2.40. The molecule has 0 radical (unpaired) electrons. The van der Waals surface area contributed by atoms with Crippen LogP contribution in [0, 0.1) is 23.7 Å². The Kier molecular flexibility index (Phi) is 23.0. The fraction of sp³-hybridized carbons (Fsp3) is 0.269. The molecule has 12 aromatic rings. The first kappa shape index (κ1) is 86.3. The van der Waals surface area contributed by atoms with E-state index in [4.69, 9.17) is 69.5 Å². The molecule has 4 aliphatic carbocycles. The zero-order valence-electron chi connectivity index (χ0n) is 64.8. The Balaban J connectivity index is 0.000000116. The highest BCUT2D eigenvalue weighted by Crippen LogP contribution is 2.73. The van der Waals surface area contributed by atoms with Crippen molar-refractivity contribution in [3.63, 3.8) is 0 Å². The minimum Gasteiger partial charge on any atom is -0.476 e. The molecule has 9 N–H and O–H groups in total. The predicted octanol–water partition coefficient (Wildman–Crippen LogP) is 17.0. The molecular weight excluding hydrogens is 1920 g/mol. The third-order valence-electron chi connectivity index (χ3n) is 25.7. The van der Waals surface area contributed by atoms with Gasteiger partial charge in [0.1, 0.15) is 45.8 Å². The smallest absolute Gasteiger partial charge is 0.264 e.